The van der Waals surface area contributed by atoms with Gasteiger partial charge >= 0.3 is 0 Å². The minimum atomic E-state index is 0. The van der Waals surface area contributed by atoms with Gasteiger partial charge in [-0.15, -0.1) is 35.3 Å². The first-order valence-corrected chi connectivity index (χ1v) is 12.2. The Balaban J connectivity index is 0.00000300. The molecular formula is C22H40IN5S. The Morgan fingerprint density at radius 2 is 1.83 bits per heavy atom. The van der Waals surface area contributed by atoms with E-state index in [1.165, 1.54) is 69.7 Å². The number of hydrogen-bond donors (Lipinski definition) is 2. The molecule has 0 radical (unpaired) electrons. The summed E-state index contributed by atoms with van der Waals surface area (Å²) in [6.07, 6.45) is 6.25. The van der Waals surface area contributed by atoms with E-state index in [-0.39, 0.29) is 24.0 Å². The summed E-state index contributed by atoms with van der Waals surface area (Å²) in [5, 5.41) is 9.34. The molecule has 2 fully saturated rings. The molecule has 5 nitrogen and oxygen atoms in total. The lowest BCUT2D eigenvalue weighted by molar-refractivity contribution is 0.182. The van der Waals surface area contributed by atoms with Crippen molar-refractivity contribution in [2.24, 2.45) is 10.9 Å². The van der Waals surface area contributed by atoms with E-state index in [4.69, 9.17) is 4.99 Å². The predicted octanol–water partition coefficient (Wildman–Crippen LogP) is 4.01. The van der Waals surface area contributed by atoms with E-state index in [1.54, 1.807) is 0 Å². The number of halogens is 1. The van der Waals surface area contributed by atoms with Crippen molar-refractivity contribution in [1.82, 2.24) is 20.4 Å². The van der Waals surface area contributed by atoms with Crippen molar-refractivity contribution >= 4 is 41.3 Å². The Kier molecular flexibility index (Phi) is 11.9. The van der Waals surface area contributed by atoms with Crippen LogP contribution in [0.15, 0.2) is 22.5 Å². The number of hydrogen-bond acceptors (Lipinski definition) is 4. The van der Waals surface area contributed by atoms with Gasteiger partial charge in [-0.2, -0.15) is 0 Å². The molecule has 0 unspecified atom stereocenters. The molecular weight excluding hydrogens is 493 g/mol. The molecule has 0 aromatic carbocycles. The molecule has 7 heteroatoms. The largest absolute Gasteiger partial charge is 0.357 e. The van der Waals surface area contributed by atoms with Crippen LogP contribution in [0.5, 0.6) is 0 Å². The zero-order valence-electron chi connectivity index (χ0n) is 18.2. The highest BCUT2D eigenvalue weighted by Gasteiger charge is 2.21. The van der Waals surface area contributed by atoms with E-state index in [2.05, 4.69) is 51.8 Å². The third-order valence-corrected chi connectivity index (χ3v) is 6.85. The fourth-order valence-corrected chi connectivity index (χ4v) is 5.05. The lowest BCUT2D eigenvalue weighted by atomic mass is 9.97. The number of nitrogens with one attached hydrogen (secondary N) is 2. The summed E-state index contributed by atoms with van der Waals surface area (Å²) in [6, 6.07) is 4.98. The highest BCUT2D eigenvalue weighted by atomic mass is 127. The fourth-order valence-electron chi connectivity index (χ4n) is 4.30. The van der Waals surface area contributed by atoms with Crippen LogP contribution >= 0.6 is 35.3 Å². The second kappa shape index (κ2) is 13.8. The van der Waals surface area contributed by atoms with Crippen molar-refractivity contribution in [2.45, 2.75) is 58.5 Å². The molecule has 0 amide bonds. The van der Waals surface area contributed by atoms with Gasteiger partial charge < -0.3 is 15.5 Å². The topological polar surface area (TPSA) is 42.9 Å². The average molecular weight is 534 g/mol. The third kappa shape index (κ3) is 8.71. The zero-order chi connectivity index (χ0) is 19.6. The first-order chi connectivity index (χ1) is 13.8. The van der Waals surface area contributed by atoms with Crippen LogP contribution in [0.3, 0.4) is 0 Å². The fraction of sp³-hybridized carbons (Fsp3) is 0.773. The Morgan fingerprint density at radius 3 is 2.45 bits per heavy atom. The van der Waals surface area contributed by atoms with Crippen molar-refractivity contribution in [3.63, 3.8) is 0 Å². The van der Waals surface area contributed by atoms with Gasteiger partial charge in [0.05, 0.1) is 0 Å². The molecule has 0 spiro atoms. The monoisotopic (exact) mass is 533 g/mol. The van der Waals surface area contributed by atoms with Crippen LogP contribution in [0, 0.1) is 5.92 Å². The summed E-state index contributed by atoms with van der Waals surface area (Å²) >= 11 is 1.87. The molecule has 3 heterocycles. The molecule has 2 aliphatic heterocycles. The van der Waals surface area contributed by atoms with Crippen LogP contribution in [0.1, 0.15) is 50.8 Å². The maximum absolute atomic E-state index is 4.95. The quantitative estimate of drug-likeness (QED) is 0.301. The summed E-state index contributed by atoms with van der Waals surface area (Å²) in [5.74, 6) is 1.75. The Hall–Kier alpha value is -0.380. The molecule has 2 aliphatic rings. The summed E-state index contributed by atoms with van der Waals surface area (Å²) < 4.78 is 0. The summed E-state index contributed by atoms with van der Waals surface area (Å²) in [4.78, 5) is 11.6. The van der Waals surface area contributed by atoms with Gasteiger partial charge in [-0.1, -0.05) is 13.0 Å². The van der Waals surface area contributed by atoms with Crippen molar-refractivity contribution in [1.29, 1.82) is 0 Å². The van der Waals surface area contributed by atoms with Gasteiger partial charge in [0.25, 0.3) is 0 Å². The van der Waals surface area contributed by atoms with Crippen LogP contribution in [-0.2, 0) is 6.54 Å². The Morgan fingerprint density at radius 1 is 1.10 bits per heavy atom. The minimum absolute atomic E-state index is 0. The normalized spacial score (nSPS) is 20.4. The van der Waals surface area contributed by atoms with E-state index < -0.39 is 0 Å². The van der Waals surface area contributed by atoms with E-state index in [0.29, 0.717) is 6.04 Å². The second-order valence-corrected chi connectivity index (χ2v) is 9.31. The summed E-state index contributed by atoms with van der Waals surface area (Å²) in [5.41, 5.74) is 0. The molecule has 29 heavy (non-hydrogen) atoms. The number of aliphatic imine (C=N–C) groups is 1. The molecule has 166 valence electrons. The highest BCUT2D eigenvalue weighted by molar-refractivity contribution is 14.0. The number of thiophene rings is 1. The van der Waals surface area contributed by atoms with Gasteiger partial charge in [0.1, 0.15) is 0 Å². The molecule has 2 saturated heterocycles. The number of rotatable bonds is 8. The molecule has 0 atom stereocenters. The lowest BCUT2D eigenvalue weighted by Crippen LogP contribution is -2.49. The summed E-state index contributed by atoms with van der Waals surface area (Å²) in [6.45, 7) is 13.5. The Labute approximate surface area is 198 Å². The molecule has 3 rings (SSSR count). The first-order valence-electron chi connectivity index (χ1n) is 11.3. The molecule has 0 saturated carbocycles. The van der Waals surface area contributed by atoms with Gasteiger partial charge in [-0.05, 0) is 76.0 Å². The predicted molar refractivity (Wildman–Crippen MR) is 137 cm³/mol. The second-order valence-electron chi connectivity index (χ2n) is 8.28. The van der Waals surface area contributed by atoms with Gasteiger partial charge in [0.2, 0.25) is 0 Å². The molecule has 2 N–H and O–H groups in total. The SMILES string of the molecule is CCCN1CCC(NC(=NCC2CCN(Cc3cccs3)CC2)NCC)CC1.I. The van der Waals surface area contributed by atoms with E-state index in [0.717, 1.165) is 31.5 Å². The molecule has 0 aliphatic carbocycles. The van der Waals surface area contributed by atoms with Crippen LogP contribution in [0.4, 0.5) is 0 Å². The van der Waals surface area contributed by atoms with E-state index in [1.807, 2.05) is 11.3 Å². The summed E-state index contributed by atoms with van der Waals surface area (Å²) in [7, 11) is 0. The van der Waals surface area contributed by atoms with E-state index in [9.17, 15) is 0 Å². The smallest absolute Gasteiger partial charge is 0.191 e. The number of guanidine groups is 1. The standard InChI is InChI=1S/C22H39N5S.HI/c1-3-11-26-14-9-20(10-15-26)25-22(23-4-2)24-17-19-7-12-27(13-8-19)18-21-6-5-16-28-21;/h5-6,16,19-20H,3-4,7-15,17-18H2,1-2H3,(H2,23,24,25);1H. The van der Waals surface area contributed by atoms with Crippen LogP contribution < -0.4 is 10.6 Å². The lowest BCUT2D eigenvalue weighted by Gasteiger charge is -2.33. The van der Waals surface area contributed by atoms with Crippen LogP contribution in [0.2, 0.25) is 0 Å². The maximum atomic E-state index is 4.95. The van der Waals surface area contributed by atoms with Crippen molar-refractivity contribution < 1.29 is 0 Å². The number of piperidine rings is 2. The number of nitrogens with zero attached hydrogens (tertiary/aromatic N) is 3. The van der Waals surface area contributed by atoms with Crippen LogP contribution in [-0.4, -0.2) is 67.6 Å². The Bertz CT molecular complexity index is 564. The van der Waals surface area contributed by atoms with Crippen molar-refractivity contribution in [2.75, 3.05) is 45.8 Å². The van der Waals surface area contributed by atoms with Gasteiger partial charge in [0.15, 0.2) is 5.96 Å². The average Bonchev–Trinajstić information content (AvgIpc) is 3.22. The highest BCUT2D eigenvalue weighted by Crippen LogP contribution is 2.21. The number of likely N-dealkylation sites (tertiary alicyclic amines) is 2. The first kappa shape index (κ1) is 24.9. The molecule has 1 aromatic rings. The van der Waals surface area contributed by atoms with Gasteiger partial charge in [-0.25, -0.2) is 0 Å². The van der Waals surface area contributed by atoms with Crippen molar-refractivity contribution in [3.8, 4) is 0 Å². The molecule has 1 aromatic heterocycles. The molecule has 0 bridgehead atoms. The third-order valence-electron chi connectivity index (χ3n) is 5.99. The zero-order valence-corrected chi connectivity index (χ0v) is 21.4. The van der Waals surface area contributed by atoms with Crippen molar-refractivity contribution in [3.05, 3.63) is 22.4 Å². The minimum Gasteiger partial charge on any atom is -0.357 e. The van der Waals surface area contributed by atoms with Gasteiger partial charge in [0, 0.05) is 43.6 Å². The van der Waals surface area contributed by atoms with Gasteiger partial charge in [-0.3, -0.25) is 9.89 Å². The van der Waals surface area contributed by atoms with E-state index >= 15 is 0 Å². The maximum Gasteiger partial charge on any atom is 0.191 e. The van der Waals surface area contributed by atoms with Crippen LogP contribution in [0.25, 0.3) is 0 Å².